The van der Waals surface area contributed by atoms with Crippen molar-refractivity contribution >= 4 is 5.91 Å². The van der Waals surface area contributed by atoms with Gasteiger partial charge < -0.3 is 18.9 Å². The Labute approximate surface area is 181 Å². The second kappa shape index (κ2) is 8.75. The van der Waals surface area contributed by atoms with Crippen LogP contribution in [-0.2, 0) is 0 Å². The minimum absolute atomic E-state index is 0.0629. The predicted molar refractivity (Wildman–Crippen MR) is 114 cm³/mol. The van der Waals surface area contributed by atoms with Gasteiger partial charge in [-0.15, -0.1) is 0 Å². The molecule has 1 aliphatic heterocycles. The highest BCUT2D eigenvalue weighted by atomic mass is 16.5. The van der Waals surface area contributed by atoms with E-state index in [0.29, 0.717) is 41.7 Å². The van der Waals surface area contributed by atoms with E-state index >= 15 is 0 Å². The Morgan fingerprint density at radius 2 is 2.03 bits per heavy atom. The number of nitrogens with zero attached hydrogens (tertiary/aromatic N) is 4. The van der Waals surface area contributed by atoms with Gasteiger partial charge in [0.15, 0.2) is 5.76 Å². The lowest BCUT2D eigenvalue weighted by molar-refractivity contribution is 0.0702. The third-order valence-electron chi connectivity index (χ3n) is 5.57. The number of carbonyl (C=O) groups excluding carboxylic acids is 1. The van der Waals surface area contributed by atoms with Crippen molar-refractivity contribution in [3.63, 3.8) is 0 Å². The molecule has 0 spiro atoms. The number of amides is 1. The Bertz CT molecular complexity index is 1090. The van der Waals surface area contributed by atoms with Crippen molar-refractivity contribution in [1.82, 2.24) is 20.0 Å². The second-order valence-electron chi connectivity index (χ2n) is 7.71. The summed E-state index contributed by atoms with van der Waals surface area (Å²) in [5, 5.41) is 4.00. The third-order valence-corrected chi connectivity index (χ3v) is 5.57. The van der Waals surface area contributed by atoms with Gasteiger partial charge in [-0.1, -0.05) is 5.16 Å². The van der Waals surface area contributed by atoms with Gasteiger partial charge in [-0.25, -0.2) is 9.97 Å². The van der Waals surface area contributed by atoms with Gasteiger partial charge in [0, 0.05) is 37.3 Å². The zero-order chi connectivity index (χ0) is 22.0. The lowest BCUT2D eigenvalue weighted by Crippen LogP contribution is -2.39. The van der Waals surface area contributed by atoms with Gasteiger partial charge in [-0.2, -0.15) is 0 Å². The number of likely N-dealkylation sites (tertiary alicyclic amines) is 1. The van der Waals surface area contributed by atoms with E-state index in [1.807, 2.05) is 24.8 Å². The predicted octanol–water partition coefficient (Wildman–Crippen LogP) is 3.79. The molecule has 0 N–H and O–H groups in total. The van der Waals surface area contributed by atoms with Crippen molar-refractivity contribution in [3.05, 3.63) is 53.2 Å². The summed E-state index contributed by atoms with van der Waals surface area (Å²) in [6, 6.07) is 7.13. The molecular weight excluding hydrogens is 396 g/mol. The summed E-state index contributed by atoms with van der Waals surface area (Å²) in [6.07, 6.45) is 3.60. The summed E-state index contributed by atoms with van der Waals surface area (Å²) in [5.74, 6) is 2.50. The Morgan fingerprint density at radius 3 is 2.74 bits per heavy atom. The quantitative estimate of drug-likeness (QED) is 0.618. The number of methoxy groups -OCH3 is 2. The highest BCUT2D eigenvalue weighted by Gasteiger charge is 2.30. The van der Waals surface area contributed by atoms with E-state index < -0.39 is 0 Å². The van der Waals surface area contributed by atoms with Crippen LogP contribution in [0.25, 0.3) is 11.3 Å². The van der Waals surface area contributed by atoms with E-state index in [-0.39, 0.29) is 11.8 Å². The smallest absolute Gasteiger partial charge is 0.257 e. The second-order valence-corrected chi connectivity index (χ2v) is 7.71. The normalized spacial score (nSPS) is 16.3. The molecule has 0 radical (unpaired) electrons. The van der Waals surface area contributed by atoms with Gasteiger partial charge in [0.1, 0.15) is 17.3 Å². The number of aromatic nitrogens is 3. The fraction of sp³-hybridized carbons (Fsp3) is 0.391. The monoisotopic (exact) mass is 422 g/mol. The average molecular weight is 422 g/mol. The van der Waals surface area contributed by atoms with Crippen LogP contribution >= 0.6 is 0 Å². The van der Waals surface area contributed by atoms with Crippen LogP contribution in [0.3, 0.4) is 0 Å². The van der Waals surface area contributed by atoms with Gasteiger partial charge in [-0.05, 0) is 38.8 Å². The molecule has 0 saturated carbocycles. The molecule has 1 saturated heterocycles. The minimum atomic E-state index is -0.0629. The van der Waals surface area contributed by atoms with Gasteiger partial charge in [0.2, 0.25) is 0 Å². The molecule has 8 nitrogen and oxygen atoms in total. The van der Waals surface area contributed by atoms with Crippen LogP contribution < -0.4 is 9.47 Å². The van der Waals surface area contributed by atoms with Crippen molar-refractivity contribution in [2.75, 3.05) is 27.3 Å². The highest BCUT2D eigenvalue weighted by Crippen LogP contribution is 2.34. The minimum Gasteiger partial charge on any atom is -0.497 e. The molecule has 1 unspecified atom stereocenters. The first-order chi connectivity index (χ1) is 15.0. The number of carbonyl (C=O) groups is 1. The summed E-state index contributed by atoms with van der Waals surface area (Å²) in [6.45, 7) is 4.99. The van der Waals surface area contributed by atoms with Crippen LogP contribution in [0.2, 0.25) is 0 Å². The van der Waals surface area contributed by atoms with Crippen molar-refractivity contribution in [1.29, 1.82) is 0 Å². The SMILES string of the molecule is COc1ccc(C(=O)N2CCCC(c3nc(C)ncc3-c3cc(C)no3)C2)c(OC)c1. The van der Waals surface area contributed by atoms with E-state index in [0.717, 1.165) is 29.8 Å². The molecule has 1 atom stereocenters. The van der Waals surface area contributed by atoms with E-state index in [1.165, 1.54) is 0 Å². The molecule has 31 heavy (non-hydrogen) atoms. The number of rotatable bonds is 5. The first kappa shape index (κ1) is 20.8. The van der Waals surface area contributed by atoms with E-state index in [1.54, 1.807) is 38.6 Å². The summed E-state index contributed by atoms with van der Waals surface area (Å²) in [4.78, 5) is 24.3. The molecule has 0 aliphatic carbocycles. The molecule has 162 valence electrons. The zero-order valence-electron chi connectivity index (χ0n) is 18.2. The fourth-order valence-electron chi connectivity index (χ4n) is 4.01. The van der Waals surface area contributed by atoms with Gasteiger partial charge >= 0.3 is 0 Å². The highest BCUT2D eigenvalue weighted by molar-refractivity contribution is 5.97. The number of hydrogen-bond acceptors (Lipinski definition) is 7. The maximum atomic E-state index is 13.3. The summed E-state index contributed by atoms with van der Waals surface area (Å²) >= 11 is 0. The molecule has 1 amide bonds. The van der Waals surface area contributed by atoms with Gasteiger partial charge in [0.05, 0.1) is 36.7 Å². The van der Waals surface area contributed by atoms with Crippen molar-refractivity contribution in [2.24, 2.45) is 0 Å². The Balaban J connectivity index is 1.63. The lowest BCUT2D eigenvalue weighted by Gasteiger charge is -2.33. The first-order valence-electron chi connectivity index (χ1n) is 10.3. The van der Waals surface area contributed by atoms with Crippen LogP contribution in [0.5, 0.6) is 11.5 Å². The summed E-state index contributed by atoms with van der Waals surface area (Å²) < 4.78 is 16.2. The number of benzene rings is 1. The first-order valence-corrected chi connectivity index (χ1v) is 10.3. The average Bonchev–Trinajstić information content (AvgIpc) is 3.24. The Morgan fingerprint density at radius 1 is 1.19 bits per heavy atom. The molecule has 3 aromatic rings. The standard InChI is InChI=1S/C23H26N4O4/c1-14-10-21(31-26-14)19-12-24-15(2)25-22(19)16-6-5-9-27(13-16)23(28)18-8-7-17(29-3)11-20(18)30-4/h7-8,10-12,16H,5-6,9,13H2,1-4H3. The van der Waals surface area contributed by atoms with Crippen LogP contribution in [0.4, 0.5) is 0 Å². The van der Waals surface area contributed by atoms with Crippen molar-refractivity contribution in [2.45, 2.75) is 32.6 Å². The van der Waals surface area contributed by atoms with Crippen molar-refractivity contribution in [3.8, 4) is 22.8 Å². The van der Waals surface area contributed by atoms with Gasteiger partial charge in [0.25, 0.3) is 5.91 Å². The molecular formula is C23H26N4O4. The topological polar surface area (TPSA) is 90.6 Å². The Kier molecular flexibility index (Phi) is 5.88. The Hall–Kier alpha value is -3.42. The molecule has 1 aromatic carbocycles. The van der Waals surface area contributed by atoms with Gasteiger partial charge in [-0.3, -0.25) is 4.79 Å². The molecule has 1 aliphatic rings. The molecule has 4 rings (SSSR count). The number of ether oxygens (including phenoxy) is 2. The molecule has 0 bridgehead atoms. The summed E-state index contributed by atoms with van der Waals surface area (Å²) in [7, 11) is 3.14. The number of piperidine rings is 1. The molecule has 3 heterocycles. The fourth-order valence-corrected chi connectivity index (χ4v) is 4.01. The van der Waals surface area contributed by atoms with E-state index in [2.05, 4.69) is 10.1 Å². The molecule has 8 heteroatoms. The number of hydrogen-bond donors (Lipinski definition) is 0. The van der Waals surface area contributed by atoms with Crippen LogP contribution in [0.1, 0.15) is 46.3 Å². The zero-order valence-corrected chi connectivity index (χ0v) is 18.2. The summed E-state index contributed by atoms with van der Waals surface area (Å²) in [5.41, 5.74) is 3.04. The van der Waals surface area contributed by atoms with Crippen molar-refractivity contribution < 1.29 is 18.8 Å². The number of aryl methyl sites for hydroxylation is 2. The maximum absolute atomic E-state index is 13.3. The maximum Gasteiger partial charge on any atom is 0.257 e. The van der Waals surface area contributed by atoms with Crippen LogP contribution in [0, 0.1) is 13.8 Å². The van der Waals surface area contributed by atoms with E-state index in [4.69, 9.17) is 19.0 Å². The van der Waals surface area contributed by atoms with E-state index in [9.17, 15) is 4.79 Å². The molecule has 2 aromatic heterocycles. The van der Waals surface area contributed by atoms with Crippen LogP contribution in [0.15, 0.2) is 35.0 Å². The van der Waals surface area contributed by atoms with Crippen LogP contribution in [-0.4, -0.2) is 53.2 Å². The molecule has 1 fully saturated rings. The third kappa shape index (κ3) is 4.23. The lowest BCUT2D eigenvalue weighted by atomic mass is 9.91. The largest absolute Gasteiger partial charge is 0.497 e.